The number of amides is 2. The number of nitrogens with one attached hydrogen (secondary N) is 1. The maximum Gasteiger partial charge on any atom is 0.326 e. The van der Waals surface area contributed by atoms with Gasteiger partial charge in [-0.2, -0.15) is 0 Å². The van der Waals surface area contributed by atoms with Crippen LogP contribution in [0, 0.1) is 0 Å². The van der Waals surface area contributed by atoms with E-state index >= 15 is 0 Å². The molecule has 1 saturated heterocycles. The van der Waals surface area contributed by atoms with Gasteiger partial charge >= 0.3 is 5.97 Å². The van der Waals surface area contributed by atoms with Gasteiger partial charge in [-0.05, 0) is 37.5 Å². The van der Waals surface area contributed by atoms with Gasteiger partial charge in [-0.1, -0.05) is 25.1 Å². The van der Waals surface area contributed by atoms with Crippen molar-refractivity contribution in [1.29, 1.82) is 0 Å². The van der Waals surface area contributed by atoms with E-state index < -0.39 is 17.9 Å². The summed E-state index contributed by atoms with van der Waals surface area (Å²) in [5.41, 5.74) is 0.908. The van der Waals surface area contributed by atoms with E-state index in [2.05, 4.69) is 10.5 Å². The first kappa shape index (κ1) is 19.6. The molecule has 2 heterocycles. The highest BCUT2D eigenvalue weighted by Crippen LogP contribution is 2.22. The second-order valence-electron chi connectivity index (χ2n) is 7.15. The van der Waals surface area contributed by atoms with Gasteiger partial charge in [0.25, 0.3) is 11.8 Å². The van der Waals surface area contributed by atoms with Crippen LogP contribution in [0.1, 0.15) is 65.6 Å². The number of hydrogen-bond donors (Lipinski definition) is 2. The third-order valence-electron chi connectivity index (χ3n) is 4.75. The van der Waals surface area contributed by atoms with E-state index in [4.69, 9.17) is 4.52 Å². The highest BCUT2D eigenvalue weighted by molar-refractivity contribution is 6.04. The maximum absolute atomic E-state index is 12.8. The van der Waals surface area contributed by atoms with Gasteiger partial charge in [0.1, 0.15) is 11.8 Å². The lowest BCUT2D eigenvalue weighted by Crippen LogP contribution is -2.48. The molecule has 0 spiro atoms. The van der Waals surface area contributed by atoms with Crippen molar-refractivity contribution in [2.45, 2.75) is 45.1 Å². The normalized spacial score (nSPS) is 16.8. The fourth-order valence-corrected chi connectivity index (χ4v) is 3.19. The van der Waals surface area contributed by atoms with Gasteiger partial charge in [-0.25, -0.2) is 4.79 Å². The first-order chi connectivity index (χ1) is 13.4. The van der Waals surface area contributed by atoms with Crippen LogP contribution in [0.4, 0.5) is 5.69 Å². The summed E-state index contributed by atoms with van der Waals surface area (Å²) in [6.45, 7) is 4.27. The Bertz CT molecular complexity index is 889. The molecule has 0 radical (unpaired) electrons. The molecular formula is C20H23N3O5. The molecule has 0 bridgehead atoms. The predicted octanol–water partition coefficient (Wildman–Crippen LogP) is 3.13. The predicted molar refractivity (Wildman–Crippen MR) is 101 cm³/mol. The Labute approximate surface area is 162 Å². The molecule has 1 atom stereocenters. The lowest BCUT2D eigenvalue weighted by atomic mass is 10.0. The second kappa shape index (κ2) is 8.24. The number of carbonyl (C=O) groups excluding carboxylic acids is 2. The Hall–Kier alpha value is -3.16. The van der Waals surface area contributed by atoms with Crippen molar-refractivity contribution in [3.05, 3.63) is 47.3 Å². The highest BCUT2D eigenvalue weighted by Gasteiger charge is 2.32. The molecule has 0 aliphatic carbocycles. The Morgan fingerprint density at radius 3 is 2.71 bits per heavy atom. The zero-order chi connectivity index (χ0) is 20.3. The average molecular weight is 385 g/mol. The lowest BCUT2D eigenvalue weighted by Gasteiger charge is -2.33. The quantitative estimate of drug-likeness (QED) is 0.818. The molecule has 1 aromatic heterocycles. The van der Waals surface area contributed by atoms with Crippen LogP contribution in [0.3, 0.4) is 0 Å². The third-order valence-corrected chi connectivity index (χ3v) is 4.75. The van der Waals surface area contributed by atoms with Crippen molar-refractivity contribution in [3.63, 3.8) is 0 Å². The van der Waals surface area contributed by atoms with Crippen LogP contribution in [-0.4, -0.2) is 45.5 Å². The molecule has 148 valence electrons. The topological polar surface area (TPSA) is 113 Å². The molecule has 8 heteroatoms. The molecule has 8 nitrogen and oxygen atoms in total. The molecule has 2 aromatic rings. The number of aliphatic carboxylic acids is 1. The average Bonchev–Trinajstić information content (AvgIpc) is 3.18. The zero-order valence-electron chi connectivity index (χ0n) is 15.8. The minimum absolute atomic E-state index is 0.113. The van der Waals surface area contributed by atoms with E-state index in [0.717, 1.165) is 12.8 Å². The van der Waals surface area contributed by atoms with Crippen LogP contribution in [0.2, 0.25) is 0 Å². The van der Waals surface area contributed by atoms with Crippen LogP contribution in [0.25, 0.3) is 0 Å². The van der Waals surface area contributed by atoms with Gasteiger partial charge in [0, 0.05) is 29.8 Å². The fraction of sp³-hybridized carbons (Fsp3) is 0.400. The van der Waals surface area contributed by atoms with Crippen molar-refractivity contribution in [1.82, 2.24) is 10.1 Å². The summed E-state index contributed by atoms with van der Waals surface area (Å²) in [6, 6.07) is 7.22. The minimum atomic E-state index is -0.996. The fourth-order valence-electron chi connectivity index (χ4n) is 3.19. The number of piperidine rings is 1. The molecule has 1 unspecified atom stereocenters. The Balaban J connectivity index is 1.75. The molecule has 3 rings (SSSR count). The molecule has 28 heavy (non-hydrogen) atoms. The van der Waals surface area contributed by atoms with Crippen LogP contribution in [-0.2, 0) is 4.79 Å². The van der Waals surface area contributed by atoms with Crippen molar-refractivity contribution < 1.29 is 24.0 Å². The molecule has 0 saturated carbocycles. The molecule has 1 fully saturated rings. The van der Waals surface area contributed by atoms with E-state index in [9.17, 15) is 19.5 Å². The lowest BCUT2D eigenvalue weighted by molar-refractivity contribution is -0.143. The number of nitrogens with zero attached hydrogens (tertiary/aromatic N) is 2. The Morgan fingerprint density at radius 1 is 1.25 bits per heavy atom. The molecule has 1 aliphatic rings. The molecular weight excluding hydrogens is 362 g/mol. The first-order valence-electron chi connectivity index (χ1n) is 9.28. The van der Waals surface area contributed by atoms with Crippen LogP contribution in [0.5, 0.6) is 0 Å². The summed E-state index contributed by atoms with van der Waals surface area (Å²) in [5.74, 6) is -1.07. The van der Waals surface area contributed by atoms with Gasteiger partial charge < -0.3 is 19.8 Å². The summed E-state index contributed by atoms with van der Waals surface area (Å²) in [4.78, 5) is 38.0. The number of aromatic nitrogens is 1. The standard InChI is InChI=1S/C20H23N3O5/c1-12(2)17-11-15(22-28-17)18(24)21-14-7-5-6-13(10-14)19(25)23-9-4-3-8-16(23)20(26)27/h5-7,10-12,16H,3-4,8-9H2,1-2H3,(H,21,24)(H,26,27). The van der Waals surface area contributed by atoms with Gasteiger partial charge in [-0.3, -0.25) is 9.59 Å². The first-order valence-corrected chi connectivity index (χ1v) is 9.28. The van der Waals surface area contributed by atoms with E-state index in [1.807, 2.05) is 13.8 Å². The molecule has 1 aliphatic heterocycles. The van der Waals surface area contributed by atoms with Crippen molar-refractivity contribution >= 4 is 23.5 Å². The van der Waals surface area contributed by atoms with E-state index in [1.54, 1.807) is 24.3 Å². The number of carboxylic acid groups (broad SMARTS) is 1. The summed E-state index contributed by atoms with van der Waals surface area (Å²) in [7, 11) is 0. The molecule has 1 aromatic carbocycles. The second-order valence-corrected chi connectivity index (χ2v) is 7.15. The van der Waals surface area contributed by atoms with Gasteiger partial charge in [0.2, 0.25) is 0 Å². The van der Waals surface area contributed by atoms with Gasteiger partial charge in [0.15, 0.2) is 5.69 Å². The van der Waals surface area contributed by atoms with Gasteiger partial charge in [0.05, 0.1) is 0 Å². The number of hydrogen-bond acceptors (Lipinski definition) is 5. The summed E-state index contributed by atoms with van der Waals surface area (Å²) >= 11 is 0. The third kappa shape index (κ3) is 4.21. The summed E-state index contributed by atoms with van der Waals surface area (Å²) in [6.07, 6.45) is 2.01. The van der Waals surface area contributed by atoms with Crippen molar-refractivity contribution in [3.8, 4) is 0 Å². The van der Waals surface area contributed by atoms with Crippen molar-refractivity contribution in [2.75, 3.05) is 11.9 Å². The number of anilines is 1. The number of carbonyl (C=O) groups is 3. The van der Waals surface area contributed by atoms with Gasteiger partial charge in [-0.15, -0.1) is 0 Å². The van der Waals surface area contributed by atoms with E-state index in [1.165, 1.54) is 11.0 Å². The number of likely N-dealkylation sites (tertiary alicyclic amines) is 1. The van der Waals surface area contributed by atoms with Crippen LogP contribution < -0.4 is 5.32 Å². The smallest absolute Gasteiger partial charge is 0.326 e. The number of carboxylic acids is 1. The Kier molecular flexibility index (Phi) is 5.77. The summed E-state index contributed by atoms with van der Waals surface area (Å²) < 4.78 is 5.13. The molecule has 2 N–H and O–H groups in total. The SMILES string of the molecule is CC(C)c1cc(C(=O)Nc2cccc(C(=O)N3CCCCC3C(=O)O)c2)no1. The number of benzene rings is 1. The Morgan fingerprint density at radius 2 is 2.04 bits per heavy atom. The maximum atomic E-state index is 12.8. The zero-order valence-corrected chi connectivity index (χ0v) is 15.8. The highest BCUT2D eigenvalue weighted by atomic mass is 16.5. The minimum Gasteiger partial charge on any atom is -0.480 e. The number of rotatable bonds is 5. The van der Waals surface area contributed by atoms with E-state index in [-0.39, 0.29) is 17.5 Å². The van der Waals surface area contributed by atoms with E-state index in [0.29, 0.717) is 30.0 Å². The van der Waals surface area contributed by atoms with Crippen LogP contribution >= 0.6 is 0 Å². The summed E-state index contributed by atoms with van der Waals surface area (Å²) in [5, 5.41) is 15.8. The van der Waals surface area contributed by atoms with Crippen molar-refractivity contribution in [2.24, 2.45) is 0 Å². The van der Waals surface area contributed by atoms with Crippen LogP contribution in [0.15, 0.2) is 34.9 Å². The molecule has 2 amide bonds. The largest absolute Gasteiger partial charge is 0.480 e. The monoisotopic (exact) mass is 385 g/mol.